The molecule has 10 heteroatoms. The number of pyridine rings is 1. The largest absolute Gasteiger partial charge is 0.417 e. The first-order valence-electron chi connectivity index (χ1n) is 8.53. The molecule has 29 heavy (non-hydrogen) atoms. The molecule has 6 nitrogen and oxygen atoms in total. The highest BCUT2D eigenvalue weighted by Gasteiger charge is 2.36. The summed E-state index contributed by atoms with van der Waals surface area (Å²) in [7, 11) is 0. The molecule has 0 saturated carbocycles. The standard InChI is InChI=1S/C19H17ClF3N5O/c1-12-11-27(9-10-28(12)17(26-24)15-7-2-3-8-25-15)18(29)13-5-4-6-14(16(13)20)19(21,22)23/h2-8H,1,9-11,24H2/b26-17-. The molecule has 3 rings (SSSR count). The van der Waals surface area contributed by atoms with E-state index in [-0.39, 0.29) is 18.7 Å². The number of benzene rings is 1. The van der Waals surface area contributed by atoms with Gasteiger partial charge in [0.15, 0.2) is 5.84 Å². The van der Waals surface area contributed by atoms with Gasteiger partial charge in [-0.25, -0.2) is 0 Å². The van der Waals surface area contributed by atoms with E-state index in [1.807, 2.05) is 0 Å². The van der Waals surface area contributed by atoms with Crippen molar-refractivity contribution in [2.24, 2.45) is 10.9 Å². The number of hydrogen-bond donors (Lipinski definition) is 1. The van der Waals surface area contributed by atoms with Crippen molar-refractivity contribution in [3.63, 3.8) is 0 Å². The van der Waals surface area contributed by atoms with Gasteiger partial charge in [-0.05, 0) is 24.3 Å². The third-order valence-electron chi connectivity index (χ3n) is 4.44. The molecule has 1 saturated heterocycles. The van der Waals surface area contributed by atoms with Crippen molar-refractivity contribution in [3.05, 3.63) is 76.7 Å². The molecule has 0 spiro atoms. The Labute approximate surface area is 170 Å². The van der Waals surface area contributed by atoms with Crippen LogP contribution >= 0.6 is 11.6 Å². The van der Waals surface area contributed by atoms with Gasteiger partial charge in [-0.1, -0.05) is 30.3 Å². The van der Waals surface area contributed by atoms with E-state index in [4.69, 9.17) is 17.4 Å². The lowest BCUT2D eigenvalue weighted by molar-refractivity contribution is -0.137. The number of aromatic nitrogens is 1. The second kappa shape index (κ2) is 8.12. The molecular formula is C19H17ClF3N5O. The molecule has 152 valence electrons. The van der Waals surface area contributed by atoms with Crippen molar-refractivity contribution < 1.29 is 18.0 Å². The summed E-state index contributed by atoms with van der Waals surface area (Å²) in [6, 6.07) is 8.54. The van der Waals surface area contributed by atoms with Crippen LogP contribution in [-0.2, 0) is 6.18 Å². The van der Waals surface area contributed by atoms with E-state index in [1.54, 1.807) is 29.3 Å². The summed E-state index contributed by atoms with van der Waals surface area (Å²) in [6.45, 7) is 4.55. The van der Waals surface area contributed by atoms with Crippen LogP contribution in [0.25, 0.3) is 0 Å². The Bertz CT molecular complexity index is 962. The molecule has 2 N–H and O–H groups in total. The summed E-state index contributed by atoms with van der Waals surface area (Å²) >= 11 is 5.88. The number of rotatable bonds is 2. The number of carbonyl (C=O) groups excluding carboxylic acids is 1. The molecule has 1 aliphatic rings. The Balaban J connectivity index is 1.80. The summed E-state index contributed by atoms with van der Waals surface area (Å²) in [5.74, 6) is 5.30. The number of halogens is 4. The van der Waals surface area contributed by atoms with Crippen LogP contribution in [-0.4, -0.2) is 46.2 Å². The van der Waals surface area contributed by atoms with Crippen molar-refractivity contribution in [1.29, 1.82) is 0 Å². The second-order valence-corrected chi connectivity index (χ2v) is 6.66. The van der Waals surface area contributed by atoms with Gasteiger partial charge in [-0.15, -0.1) is 0 Å². The van der Waals surface area contributed by atoms with E-state index in [9.17, 15) is 18.0 Å². The second-order valence-electron chi connectivity index (χ2n) is 6.28. The first-order valence-corrected chi connectivity index (χ1v) is 8.91. The topological polar surface area (TPSA) is 74.8 Å². The Morgan fingerprint density at radius 3 is 2.55 bits per heavy atom. The van der Waals surface area contributed by atoms with Crippen LogP contribution in [0.5, 0.6) is 0 Å². The minimum Gasteiger partial charge on any atom is -0.331 e. The van der Waals surface area contributed by atoms with Crippen LogP contribution in [0.3, 0.4) is 0 Å². The summed E-state index contributed by atoms with van der Waals surface area (Å²) in [5.41, 5.74) is -0.213. The van der Waals surface area contributed by atoms with Crippen LogP contribution in [0.1, 0.15) is 21.6 Å². The summed E-state index contributed by atoms with van der Waals surface area (Å²) in [6.07, 6.45) is -3.05. The molecule has 0 unspecified atom stereocenters. The van der Waals surface area contributed by atoms with Gasteiger partial charge in [0.25, 0.3) is 5.91 Å². The Morgan fingerprint density at radius 1 is 1.21 bits per heavy atom. The van der Waals surface area contributed by atoms with Crippen molar-refractivity contribution >= 4 is 23.3 Å². The summed E-state index contributed by atoms with van der Waals surface area (Å²) in [5, 5.41) is 3.17. The number of hydrogen-bond acceptors (Lipinski definition) is 4. The molecule has 1 amide bonds. The van der Waals surface area contributed by atoms with E-state index >= 15 is 0 Å². The third-order valence-corrected chi connectivity index (χ3v) is 4.85. The quantitative estimate of drug-likeness (QED) is 0.348. The number of amides is 1. The van der Waals surface area contributed by atoms with Gasteiger partial charge >= 0.3 is 6.18 Å². The smallest absolute Gasteiger partial charge is 0.331 e. The number of amidine groups is 1. The molecule has 0 bridgehead atoms. The molecule has 1 aromatic heterocycles. The normalized spacial score (nSPS) is 15.6. The van der Waals surface area contributed by atoms with Crippen LogP contribution in [0.15, 0.2) is 60.0 Å². The lowest BCUT2D eigenvalue weighted by atomic mass is 10.1. The summed E-state index contributed by atoms with van der Waals surface area (Å²) in [4.78, 5) is 20.1. The SMILES string of the molecule is C=C1CN(C(=O)c2cccc(C(F)(F)F)c2Cl)CCN1/C(=N\N)c1ccccn1. The molecule has 1 aromatic carbocycles. The van der Waals surface area contributed by atoms with Crippen molar-refractivity contribution in [2.45, 2.75) is 6.18 Å². The average Bonchev–Trinajstić information content (AvgIpc) is 2.69. The van der Waals surface area contributed by atoms with Crippen LogP contribution in [0, 0.1) is 0 Å². The fourth-order valence-electron chi connectivity index (χ4n) is 3.05. The summed E-state index contributed by atoms with van der Waals surface area (Å²) < 4.78 is 39.2. The van der Waals surface area contributed by atoms with E-state index in [0.717, 1.165) is 12.1 Å². The van der Waals surface area contributed by atoms with Gasteiger partial charge < -0.3 is 15.6 Å². The molecular weight excluding hydrogens is 407 g/mol. The highest BCUT2D eigenvalue weighted by atomic mass is 35.5. The predicted molar refractivity (Wildman–Crippen MR) is 103 cm³/mol. The van der Waals surface area contributed by atoms with E-state index in [0.29, 0.717) is 23.8 Å². The fourth-order valence-corrected chi connectivity index (χ4v) is 3.36. The number of nitrogens with two attached hydrogens (primary N) is 1. The molecule has 2 heterocycles. The number of alkyl halides is 3. The van der Waals surface area contributed by atoms with Crippen LogP contribution in [0.4, 0.5) is 13.2 Å². The van der Waals surface area contributed by atoms with Crippen molar-refractivity contribution in [2.75, 3.05) is 19.6 Å². The Morgan fingerprint density at radius 2 is 1.97 bits per heavy atom. The predicted octanol–water partition coefficient (Wildman–Crippen LogP) is 3.35. The lowest BCUT2D eigenvalue weighted by Gasteiger charge is -2.37. The first kappa shape index (κ1) is 20.7. The maximum atomic E-state index is 13.1. The monoisotopic (exact) mass is 423 g/mol. The van der Waals surface area contributed by atoms with Gasteiger partial charge in [-0.2, -0.15) is 18.3 Å². The van der Waals surface area contributed by atoms with Gasteiger partial charge in [0.05, 0.1) is 22.7 Å². The number of carbonyl (C=O) groups is 1. The molecule has 0 atom stereocenters. The third kappa shape index (κ3) is 4.19. The Kier molecular flexibility index (Phi) is 5.78. The molecule has 2 aromatic rings. The van der Waals surface area contributed by atoms with Gasteiger partial charge in [-0.3, -0.25) is 9.78 Å². The number of nitrogens with zero attached hydrogens (tertiary/aromatic N) is 4. The van der Waals surface area contributed by atoms with Crippen molar-refractivity contribution in [3.8, 4) is 0 Å². The average molecular weight is 424 g/mol. The van der Waals surface area contributed by atoms with Gasteiger partial charge in [0, 0.05) is 25.0 Å². The lowest BCUT2D eigenvalue weighted by Crippen LogP contribution is -2.49. The van der Waals surface area contributed by atoms with Gasteiger partial charge in [0.1, 0.15) is 5.69 Å². The highest BCUT2D eigenvalue weighted by molar-refractivity contribution is 6.34. The maximum absolute atomic E-state index is 13.1. The molecule has 0 aliphatic carbocycles. The van der Waals surface area contributed by atoms with Gasteiger partial charge in [0.2, 0.25) is 0 Å². The minimum atomic E-state index is -4.65. The zero-order valence-corrected chi connectivity index (χ0v) is 15.9. The number of piperazine rings is 1. The van der Waals surface area contributed by atoms with Crippen molar-refractivity contribution in [1.82, 2.24) is 14.8 Å². The zero-order valence-electron chi connectivity index (χ0n) is 15.2. The molecule has 0 radical (unpaired) electrons. The Hall–Kier alpha value is -3.07. The highest BCUT2D eigenvalue weighted by Crippen LogP contribution is 2.36. The van der Waals surface area contributed by atoms with Crippen LogP contribution in [0.2, 0.25) is 5.02 Å². The molecule has 1 aliphatic heterocycles. The van der Waals surface area contributed by atoms with E-state index in [2.05, 4.69) is 16.7 Å². The number of hydrazone groups is 1. The zero-order chi connectivity index (χ0) is 21.2. The fraction of sp³-hybridized carbons (Fsp3) is 0.211. The first-order chi connectivity index (χ1) is 13.7. The minimum absolute atomic E-state index is 0.0806. The molecule has 1 fully saturated rings. The van der Waals surface area contributed by atoms with Crippen LogP contribution < -0.4 is 5.84 Å². The van der Waals surface area contributed by atoms with E-state index < -0.39 is 22.7 Å². The van der Waals surface area contributed by atoms with E-state index in [1.165, 1.54) is 11.0 Å². The maximum Gasteiger partial charge on any atom is 0.417 e.